The summed E-state index contributed by atoms with van der Waals surface area (Å²) < 4.78 is 9.24. The number of pyridine rings is 1. The summed E-state index contributed by atoms with van der Waals surface area (Å²) in [5.74, 6) is 0.470. The fraction of sp³-hybridized carbons (Fsp3) is 0.304. The number of hydrogen-bond donors (Lipinski definition) is 0. The van der Waals surface area contributed by atoms with Crippen LogP contribution in [0.15, 0.2) is 53.4 Å². The highest BCUT2D eigenvalue weighted by molar-refractivity contribution is 5.92. The fourth-order valence-corrected chi connectivity index (χ4v) is 4.11. The summed E-state index contributed by atoms with van der Waals surface area (Å²) in [6, 6.07) is 9.90. The molecular weight excluding hydrogens is 392 g/mol. The highest BCUT2D eigenvalue weighted by Gasteiger charge is 2.29. The molecule has 5 heterocycles. The number of carbonyl (C=O) groups excluding carboxylic acids is 1. The van der Waals surface area contributed by atoms with Crippen molar-refractivity contribution >= 4 is 5.91 Å². The van der Waals surface area contributed by atoms with Crippen molar-refractivity contribution in [2.75, 3.05) is 0 Å². The first kappa shape index (κ1) is 19.3. The highest BCUT2D eigenvalue weighted by atomic mass is 16.5. The van der Waals surface area contributed by atoms with Gasteiger partial charge in [-0.1, -0.05) is 11.2 Å². The van der Waals surface area contributed by atoms with E-state index < -0.39 is 0 Å². The smallest absolute Gasteiger partial charge is 0.276 e. The van der Waals surface area contributed by atoms with Crippen molar-refractivity contribution in [3.05, 3.63) is 77.3 Å². The highest BCUT2D eigenvalue weighted by Crippen LogP contribution is 2.34. The Morgan fingerprint density at radius 2 is 2.10 bits per heavy atom. The van der Waals surface area contributed by atoms with Crippen molar-refractivity contribution in [1.29, 1.82) is 0 Å². The minimum atomic E-state index is -0.148. The average molecular weight is 416 g/mol. The quantitative estimate of drug-likeness (QED) is 0.505. The first-order valence-corrected chi connectivity index (χ1v) is 10.4. The number of rotatable bonds is 4. The van der Waals surface area contributed by atoms with Gasteiger partial charge in [-0.15, -0.1) is 0 Å². The Morgan fingerprint density at radius 3 is 2.81 bits per heavy atom. The number of aryl methyl sites for hydroxylation is 1. The van der Waals surface area contributed by atoms with Crippen LogP contribution < -0.4 is 0 Å². The molecule has 0 spiro atoms. The van der Waals surface area contributed by atoms with Gasteiger partial charge in [-0.2, -0.15) is 5.10 Å². The number of hydrogen-bond acceptors (Lipinski definition) is 5. The maximum absolute atomic E-state index is 13.2. The van der Waals surface area contributed by atoms with Crippen molar-refractivity contribution in [2.45, 2.75) is 46.4 Å². The van der Waals surface area contributed by atoms with Crippen molar-refractivity contribution in [2.24, 2.45) is 0 Å². The van der Waals surface area contributed by atoms with Gasteiger partial charge in [0.1, 0.15) is 5.76 Å². The SMILES string of the molecule is Cc1cc(C(=O)N2Cc3cn(Cc4ccccn4)nc3-c3ccn(C(C)C)c3C2)no1. The van der Waals surface area contributed by atoms with Gasteiger partial charge in [0.25, 0.3) is 5.91 Å². The Kier molecular flexibility index (Phi) is 4.69. The van der Waals surface area contributed by atoms with Crippen LogP contribution >= 0.6 is 0 Å². The van der Waals surface area contributed by atoms with Crippen LogP contribution in [0.4, 0.5) is 0 Å². The van der Waals surface area contributed by atoms with Gasteiger partial charge in [0.2, 0.25) is 0 Å². The van der Waals surface area contributed by atoms with Crippen LogP contribution in [-0.2, 0) is 19.6 Å². The monoisotopic (exact) mass is 416 g/mol. The molecule has 158 valence electrons. The number of carbonyl (C=O) groups is 1. The zero-order valence-corrected chi connectivity index (χ0v) is 17.8. The van der Waals surface area contributed by atoms with Gasteiger partial charge in [-0.25, -0.2) is 0 Å². The second kappa shape index (κ2) is 7.54. The van der Waals surface area contributed by atoms with Crippen LogP contribution in [0.5, 0.6) is 0 Å². The molecule has 0 saturated carbocycles. The molecule has 0 unspecified atom stereocenters. The first-order valence-electron chi connectivity index (χ1n) is 10.4. The van der Waals surface area contributed by atoms with E-state index in [1.54, 1.807) is 19.2 Å². The Hall–Kier alpha value is -3.68. The molecule has 4 aromatic heterocycles. The van der Waals surface area contributed by atoms with E-state index in [-0.39, 0.29) is 11.9 Å². The van der Waals surface area contributed by atoms with E-state index in [0.29, 0.717) is 31.1 Å². The molecule has 31 heavy (non-hydrogen) atoms. The zero-order chi connectivity index (χ0) is 21.5. The Bertz CT molecular complexity index is 1230. The average Bonchev–Trinajstić information content (AvgIpc) is 3.45. The van der Waals surface area contributed by atoms with E-state index in [9.17, 15) is 4.79 Å². The minimum Gasteiger partial charge on any atom is -0.361 e. The molecule has 0 bridgehead atoms. The Morgan fingerprint density at radius 1 is 1.23 bits per heavy atom. The lowest BCUT2D eigenvalue weighted by atomic mass is 10.1. The molecule has 5 rings (SSSR count). The van der Waals surface area contributed by atoms with Gasteiger partial charge >= 0.3 is 0 Å². The standard InChI is InChI=1S/C23H24N6O2/c1-15(2)29-9-7-19-21(29)14-27(23(30)20-10-16(3)31-26-20)11-17-12-28(25-22(17)19)13-18-6-4-5-8-24-18/h4-10,12,15H,11,13-14H2,1-3H3. The first-order chi connectivity index (χ1) is 15.0. The van der Waals surface area contributed by atoms with Gasteiger partial charge < -0.3 is 14.0 Å². The van der Waals surface area contributed by atoms with E-state index in [2.05, 4.69) is 40.8 Å². The topological polar surface area (TPSA) is 82.0 Å². The second-order valence-corrected chi connectivity index (χ2v) is 8.18. The molecule has 1 aliphatic rings. The lowest BCUT2D eigenvalue weighted by Crippen LogP contribution is -2.30. The molecule has 1 amide bonds. The molecule has 0 fully saturated rings. The van der Waals surface area contributed by atoms with Crippen LogP contribution in [0.1, 0.15) is 53.1 Å². The van der Waals surface area contributed by atoms with Crippen molar-refractivity contribution in [1.82, 2.24) is 29.4 Å². The summed E-state index contributed by atoms with van der Waals surface area (Å²) >= 11 is 0. The molecular formula is C23H24N6O2. The fourth-order valence-electron chi connectivity index (χ4n) is 4.11. The van der Waals surface area contributed by atoms with Crippen LogP contribution in [0, 0.1) is 6.92 Å². The summed E-state index contributed by atoms with van der Waals surface area (Å²) in [7, 11) is 0. The maximum Gasteiger partial charge on any atom is 0.276 e. The molecule has 0 radical (unpaired) electrons. The molecule has 8 heteroatoms. The Balaban J connectivity index is 1.57. The Labute approximate surface area is 180 Å². The van der Waals surface area contributed by atoms with Crippen LogP contribution in [0.25, 0.3) is 11.3 Å². The molecule has 0 atom stereocenters. The molecule has 4 aromatic rings. The van der Waals surface area contributed by atoms with E-state index in [1.807, 2.05) is 34.0 Å². The summed E-state index contributed by atoms with van der Waals surface area (Å²) in [6.45, 7) is 7.58. The van der Waals surface area contributed by atoms with Crippen molar-refractivity contribution < 1.29 is 9.32 Å². The largest absolute Gasteiger partial charge is 0.361 e. The lowest BCUT2D eigenvalue weighted by molar-refractivity contribution is 0.0717. The van der Waals surface area contributed by atoms with E-state index in [0.717, 1.165) is 28.2 Å². The number of nitrogens with zero attached hydrogens (tertiary/aromatic N) is 6. The molecule has 8 nitrogen and oxygen atoms in total. The molecule has 0 aromatic carbocycles. The van der Waals surface area contributed by atoms with E-state index >= 15 is 0 Å². The third kappa shape index (κ3) is 3.54. The van der Waals surface area contributed by atoms with Crippen molar-refractivity contribution in [3.8, 4) is 11.3 Å². The minimum absolute atomic E-state index is 0.148. The summed E-state index contributed by atoms with van der Waals surface area (Å²) in [6.07, 6.45) is 5.87. The summed E-state index contributed by atoms with van der Waals surface area (Å²) in [5, 5.41) is 8.82. The van der Waals surface area contributed by atoms with Gasteiger partial charge in [0.05, 0.1) is 31.0 Å². The molecule has 0 N–H and O–H groups in total. The third-order valence-corrected chi connectivity index (χ3v) is 5.56. The molecule has 0 saturated heterocycles. The molecule has 1 aliphatic heterocycles. The third-order valence-electron chi connectivity index (χ3n) is 5.56. The van der Waals surface area contributed by atoms with Gasteiger partial charge in [0.15, 0.2) is 5.69 Å². The van der Waals surface area contributed by atoms with Gasteiger partial charge in [0, 0.05) is 47.5 Å². The number of fused-ring (bicyclic) bond motifs is 3. The predicted molar refractivity (Wildman–Crippen MR) is 114 cm³/mol. The van der Waals surface area contributed by atoms with Gasteiger partial charge in [-0.05, 0) is 39.0 Å². The maximum atomic E-state index is 13.2. The predicted octanol–water partition coefficient (Wildman–Crippen LogP) is 3.83. The lowest BCUT2D eigenvalue weighted by Gasteiger charge is -2.22. The summed E-state index contributed by atoms with van der Waals surface area (Å²) in [4.78, 5) is 19.5. The summed E-state index contributed by atoms with van der Waals surface area (Å²) in [5.41, 5.74) is 5.32. The number of amides is 1. The zero-order valence-electron chi connectivity index (χ0n) is 17.8. The molecule has 0 aliphatic carbocycles. The van der Waals surface area contributed by atoms with Crippen LogP contribution in [0.2, 0.25) is 0 Å². The van der Waals surface area contributed by atoms with E-state index in [1.165, 1.54) is 0 Å². The van der Waals surface area contributed by atoms with Crippen LogP contribution in [0.3, 0.4) is 0 Å². The number of aromatic nitrogens is 5. The normalized spacial score (nSPS) is 13.2. The second-order valence-electron chi connectivity index (χ2n) is 8.18. The van der Waals surface area contributed by atoms with E-state index in [4.69, 9.17) is 9.62 Å². The van der Waals surface area contributed by atoms with Gasteiger partial charge in [-0.3, -0.25) is 14.5 Å². The van der Waals surface area contributed by atoms with Crippen LogP contribution in [-0.4, -0.2) is 35.3 Å². The van der Waals surface area contributed by atoms with Crippen molar-refractivity contribution in [3.63, 3.8) is 0 Å².